The Kier molecular flexibility index (Phi) is 4.63. The predicted molar refractivity (Wildman–Crippen MR) is 108 cm³/mol. The van der Waals surface area contributed by atoms with Crippen LogP contribution in [0.15, 0.2) is 40.8 Å². The van der Waals surface area contributed by atoms with Gasteiger partial charge in [0, 0.05) is 30.2 Å². The lowest BCUT2D eigenvalue weighted by Crippen LogP contribution is -2.26. The van der Waals surface area contributed by atoms with E-state index in [9.17, 15) is 4.79 Å². The molecule has 1 aromatic carbocycles. The van der Waals surface area contributed by atoms with Crippen molar-refractivity contribution in [1.29, 1.82) is 0 Å². The largest absolute Gasteiger partial charge is 0.464 e. The van der Waals surface area contributed by atoms with Gasteiger partial charge in [0.05, 0.1) is 12.1 Å². The van der Waals surface area contributed by atoms with Crippen molar-refractivity contribution in [1.82, 2.24) is 19.5 Å². The highest BCUT2D eigenvalue weighted by atomic mass is 16.3. The maximum atomic E-state index is 12.6. The minimum Gasteiger partial charge on any atom is -0.464 e. The van der Waals surface area contributed by atoms with Gasteiger partial charge in [0.15, 0.2) is 5.65 Å². The number of carbonyl (C=O) groups excluding carboxylic acids is 1. The standard InChI is InChI=1S/C22H24N4O2/c1-14-9-10-17(28-14)13-25(4)21(27)12-11-18-15(2)23-22-19-7-5-6-8-20(19)24-26(22)16(18)3/h5-10H,11-13H2,1-4H3. The lowest BCUT2D eigenvalue weighted by molar-refractivity contribution is -0.130. The molecule has 0 saturated carbocycles. The topological polar surface area (TPSA) is 63.6 Å². The fraction of sp³-hybridized carbons (Fsp3) is 0.318. The maximum Gasteiger partial charge on any atom is 0.223 e. The number of amides is 1. The SMILES string of the molecule is Cc1ccc(CN(C)C(=O)CCc2c(C)nc3c4ccccc4nn3c2C)o1. The Morgan fingerprint density at radius 2 is 1.93 bits per heavy atom. The Bertz CT molecular complexity index is 1170. The van der Waals surface area contributed by atoms with E-state index in [1.807, 2.05) is 68.7 Å². The summed E-state index contributed by atoms with van der Waals surface area (Å²) in [6.07, 6.45) is 1.06. The Morgan fingerprint density at radius 3 is 2.68 bits per heavy atom. The van der Waals surface area contributed by atoms with Crippen molar-refractivity contribution in [2.75, 3.05) is 7.05 Å². The molecule has 0 radical (unpaired) electrons. The van der Waals surface area contributed by atoms with Gasteiger partial charge in [-0.3, -0.25) is 4.79 Å². The zero-order chi connectivity index (χ0) is 19.8. The van der Waals surface area contributed by atoms with Crippen molar-refractivity contribution in [3.05, 3.63) is 64.9 Å². The molecule has 144 valence electrons. The van der Waals surface area contributed by atoms with Crippen molar-refractivity contribution >= 4 is 22.5 Å². The molecule has 0 aliphatic rings. The highest BCUT2D eigenvalue weighted by Gasteiger charge is 2.17. The molecule has 0 unspecified atom stereocenters. The van der Waals surface area contributed by atoms with Crippen LogP contribution in [0.4, 0.5) is 0 Å². The number of hydrogen-bond acceptors (Lipinski definition) is 4. The molecule has 0 bridgehead atoms. The number of aromatic nitrogens is 3. The van der Waals surface area contributed by atoms with Crippen LogP contribution < -0.4 is 0 Å². The molecule has 0 aliphatic carbocycles. The molecule has 0 spiro atoms. The van der Waals surface area contributed by atoms with Crippen LogP contribution in [-0.4, -0.2) is 32.5 Å². The summed E-state index contributed by atoms with van der Waals surface area (Å²) >= 11 is 0. The van der Waals surface area contributed by atoms with E-state index in [0.29, 0.717) is 19.4 Å². The summed E-state index contributed by atoms with van der Waals surface area (Å²) in [6.45, 7) is 6.43. The molecule has 28 heavy (non-hydrogen) atoms. The van der Waals surface area contributed by atoms with Crippen LogP contribution in [0.2, 0.25) is 0 Å². The van der Waals surface area contributed by atoms with Crippen molar-refractivity contribution in [2.24, 2.45) is 0 Å². The average molecular weight is 376 g/mol. The van der Waals surface area contributed by atoms with Crippen LogP contribution in [0.25, 0.3) is 16.6 Å². The van der Waals surface area contributed by atoms with Gasteiger partial charge in [-0.15, -0.1) is 0 Å². The highest BCUT2D eigenvalue weighted by Crippen LogP contribution is 2.23. The van der Waals surface area contributed by atoms with Gasteiger partial charge in [-0.25, -0.2) is 9.50 Å². The van der Waals surface area contributed by atoms with E-state index in [4.69, 9.17) is 9.40 Å². The third-order valence-corrected chi connectivity index (χ3v) is 5.22. The van der Waals surface area contributed by atoms with Crippen LogP contribution in [0.5, 0.6) is 0 Å². The van der Waals surface area contributed by atoms with Crippen LogP contribution in [0.1, 0.15) is 34.9 Å². The first kappa shape index (κ1) is 18.2. The van der Waals surface area contributed by atoms with Gasteiger partial charge in [-0.1, -0.05) is 12.1 Å². The van der Waals surface area contributed by atoms with E-state index in [2.05, 4.69) is 5.10 Å². The van der Waals surface area contributed by atoms with Gasteiger partial charge in [-0.2, -0.15) is 5.10 Å². The van der Waals surface area contributed by atoms with Crippen LogP contribution in [0.3, 0.4) is 0 Å². The summed E-state index contributed by atoms with van der Waals surface area (Å²) in [6, 6.07) is 11.8. The number of hydrogen-bond donors (Lipinski definition) is 0. The molecular formula is C22H24N4O2. The van der Waals surface area contributed by atoms with E-state index in [-0.39, 0.29) is 5.91 Å². The number of carbonyl (C=O) groups is 1. The van der Waals surface area contributed by atoms with Gasteiger partial charge in [0.25, 0.3) is 0 Å². The van der Waals surface area contributed by atoms with Crippen molar-refractivity contribution in [3.8, 4) is 0 Å². The van der Waals surface area contributed by atoms with Gasteiger partial charge in [0.2, 0.25) is 5.91 Å². The second kappa shape index (κ2) is 7.11. The van der Waals surface area contributed by atoms with E-state index < -0.39 is 0 Å². The van der Waals surface area contributed by atoms with E-state index >= 15 is 0 Å². The number of furan rings is 1. The molecule has 0 fully saturated rings. The van der Waals surface area contributed by atoms with E-state index in [0.717, 1.165) is 45.0 Å². The molecule has 0 saturated heterocycles. The Morgan fingerprint density at radius 1 is 1.14 bits per heavy atom. The normalized spacial score (nSPS) is 11.4. The first-order valence-electron chi connectivity index (χ1n) is 9.47. The zero-order valence-electron chi connectivity index (χ0n) is 16.7. The molecule has 6 heteroatoms. The third-order valence-electron chi connectivity index (χ3n) is 5.22. The summed E-state index contributed by atoms with van der Waals surface area (Å²) < 4.78 is 7.46. The molecule has 0 aliphatic heterocycles. The second-order valence-corrected chi connectivity index (χ2v) is 7.28. The number of fused-ring (bicyclic) bond motifs is 3. The van der Waals surface area contributed by atoms with E-state index in [1.54, 1.807) is 4.90 Å². The van der Waals surface area contributed by atoms with E-state index in [1.165, 1.54) is 0 Å². The summed E-state index contributed by atoms with van der Waals surface area (Å²) in [4.78, 5) is 19.1. The van der Waals surface area contributed by atoms with Gasteiger partial charge < -0.3 is 9.32 Å². The van der Waals surface area contributed by atoms with Crippen molar-refractivity contribution in [2.45, 2.75) is 40.2 Å². The Hall–Kier alpha value is -3.15. The summed E-state index contributed by atoms with van der Waals surface area (Å²) in [5, 5.41) is 5.73. The summed E-state index contributed by atoms with van der Waals surface area (Å²) in [5.41, 5.74) is 4.87. The number of rotatable bonds is 5. The Balaban J connectivity index is 1.54. The van der Waals surface area contributed by atoms with Crippen LogP contribution in [0, 0.1) is 20.8 Å². The molecule has 3 heterocycles. The maximum absolute atomic E-state index is 12.6. The zero-order valence-corrected chi connectivity index (χ0v) is 16.7. The highest BCUT2D eigenvalue weighted by molar-refractivity contribution is 5.92. The minimum absolute atomic E-state index is 0.0820. The first-order chi connectivity index (χ1) is 13.4. The molecule has 3 aromatic heterocycles. The lowest BCUT2D eigenvalue weighted by atomic mass is 10.1. The van der Waals surface area contributed by atoms with Crippen LogP contribution in [-0.2, 0) is 17.8 Å². The van der Waals surface area contributed by atoms with Crippen molar-refractivity contribution < 1.29 is 9.21 Å². The number of nitrogens with zero attached hydrogens (tertiary/aromatic N) is 4. The second-order valence-electron chi connectivity index (χ2n) is 7.28. The molecule has 1 amide bonds. The lowest BCUT2D eigenvalue weighted by Gasteiger charge is -2.17. The number of benzene rings is 1. The molecule has 4 aromatic rings. The molecule has 6 nitrogen and oxygen atoms in total. The molecule has 0 atom stereocenters. The first-order valence-corrected chi connectivity index (χ1v) is 9.47. The van der Waals surface area contributed by atoms with Crippen LogP contribution >= 0.6 is 0 Å². The monoisotopic (exact) mass is 376 g/mol. The van der Waals surface area contributed by atoms with Gasteiger partial charge in [-0.05, 0) is 57.0 Å². The quantitative estimate of drug-likeness (QED) is 0.528. The summed E-state index contributed by atoms with van der Waals surface area (Å²) in [7, 11) is 1.81. The van der Waals surface area contributed by atoms with Gasteiger partial charge in [0.1, 0.15) is 11.5 Å². The smallest absolute Gasteiger partial charge is 0.223 e. The minimum atomic E-state index is 0.0820. The fourth-order valence-corrected chi connectivity index (χ4v) is 3.65. The summed E-state index contributed by atoms with van der Waals surface area (Å²) in [5.74, 6) is 1.73. The average Bonchev–Trinajstić information content (AvgIpc) is 3.25. The number of aryl methyl sites for hydroxylation is 3. The van der Waals surface area contributed by atoms with Crippen molar-refractivity contribution in [3.63, 3.8) is 0 Å². The Labute approximate surface area is 163 Å². The third kappa shape index (κ3) is 3.26. The van der Waals surface area contributed by atoms with Gasteiger partial charge >= 0.3 is 0 Å². The fourth-order valence-electron chi connectivity index (χ4n) is 3.65. The molecular weight excluding hydrogens is 352 g/mol. The molecule has 0 N–H and O–H groups in total. The predicted octanol–water partition coefficient (Wildman–Crippen LogP) is 3.99. The molecule has 4 rings (SSSR count).